The van der Waals surface area contributed by atoms with Gasteiger partial charge in [0.05, 0.1) is 11.9 Å². The van der Waals surface area contributed by atoms with Gasteiger partial charge in [0.25, 0.3) is 0 Å². The van der Waals surface area contributed by atoms with Crippen LogP contribution in [-0.2, 0) is 32.5 Å². The Kier molecular flexibility index (Phi) is 10.6. The summed E-state index contributed by atoms with van der Waals surface area (Å²) in [6.07, 6.45) is 3.69. The number of likely N-dealkylation sites (N-methyl/N-ethyl adjacent to an activating group) is 1. The molecule has 0 saturated heterocycles. The van der Waals surface area contributed by atoms with Gasteiger partial charge in [0, 0.05) is 26.6 Å². The van der Waals surface area contributed by atoms with Crippen LogP contribution in [-0.4, -0.2) is 57.6 Å². The van der Waals surface area contributed by atoms with Gasteiger partial charge in [0.15, 0.2) is 0 Å². The zero-order chi connectivity index (χ0) is 25.1. The molecule has 2 amide bonds. The minimum Gasteiger partial charge on any atom is -0.357 e. The van der Waals surface area contributed by atoms with Crippen LogP contribution in [0.5, 0.6) is 0 Å². The van der Waals surface area contributed by atoms with Crippen LogP contribution in [0.25, 0.3) is 0 Å². The molecule has 7 nitrogen and oxygen atoms in total. The number of carbonyl (C=O) groups excluding carboxylic acids is 2. The summed E-state index contributed by atoms with van der Waals surface area (Å²) in [5.41, 5.74) is 2.80. The van der Waals surface area contributed by atoms with Crippen molar-refractivity contribution in [1.29, 1.82) is 0 Å². The summed E-state index contributed by atoms with van der Waals surface area (Å²) in [5, 5.41) is 2.65. The lowest BCUT2D eigenvalue weighted by molar-refractivity contribution is -0.140. The molecule has 0 aliphatic carbocycles. The van der Waals surface area contributed by atoms with Gasteiger partial charge in [-0.3, -0.25) is 13.9 Å². The van der Waals surface area contributed by atoms with Gasteiger partial charge in [-0.15, -0.1) is 0 Å². The average molecular weight is 488 g/mol. The molecule has 2 aromatic carbocycles. The van der Waals surface area contributed by atoms with E-state index in [4.69, 9.17) is 0 Å². The van der Waals surface area contributed by atoms with Gasteiger partial charge in [-0.2, -0.15) is 0 Å². The molecule has 2 aromatic rings. The highest BCUT2D eigenvalue weighted by atomic mass is 32.2. The zero-order valence-electron chi connectivity index (χ0n) is 20.7. The maximum atomic E-state index is 13.2. The molecule has 0 fully saturated rings. The van der Waals surface area contributed by atoms with Crippen molar-refractivity contribution in [3.05, 3.63) is 65.7 Å². The summed E-state index contributed by atoms with van der Waals surface area (Å²) in [7, 11) is -1.93. The second-order valence-electron chi connectivity index (χ2n) is 8.32. The number of amides is 2. The van der Waals surface area contributed by atoms with Gasteiger partial charge in [0.2, 0.25) is 21.8 Å². The van der Waals surface area contributed by atoms with Crippen LogP contribution in [0, 0.1) is 0 Å². The standard InChI is InChI=1S/C26H37N3O4S/c1-5-21-14-16-23(17-15-21)29(34(4,32)33)19-10-13-25(30)28(24(6-2)26(31)27-3)20-18-22-11-8-7-9-12-22/h7-9,11-12,14-17,24H,5-6,10,13,18-20H2,1-4H3,(H,27,31)/t24-/m0/s1. The average Bonchev–Trinajstić information content (AvgIpc) is 2.83. The second kappa shape index (κ2) is 13.1. The first-order valence-corrected chi connectivity index (χ1v) is 13.7. The summed E-state index contributed by atoms with van der Waals surface area (Å²) >= 11 is 0. The second-order valence-corrected chi connectivity index (χ2v) is 10.2. The van der Waals surface area contributed by atoms with Crippen LogP contribution in [0.3, 0.4) is 0 Å². The number of carbonyl (C=O) groups is 2. The lowest BCUT2D eigenvalue weighted by Gasteiger charge is -2.30. The molecular weight excluding hydrogens is 450 g/mol. The summed E-state index contributed by atoms with van der Waals surface area (Å²) in [6, 6.07) is 16.7. The third-order valence-electron chi connectivity index (χ3n) is 5.90. The predicted octanol–water partition coefficient (Wildman–Crippen LogP) is 3.39. The lowest BCUT2D eigenvalue weighted by Crippen LogP contribution is -2.49. The molecule has 1 N–H and O–H groups in total. The van der Waals surface area contributed by atoms with E-state index in [2.05, 4.69) is 5.32 Å². The number of nitrogens with one attached hydrogen (secondary N) is 1. The van der Waals surface area contributed by atoms with E-state index in [1.165, 1.54) is 10.6 Å². The summed E-state index contributed by atoms with van der Waals surface area (Å²) in [4.78, 5) is 27.3. The monoisotopic (exact) mass is 487 g/mol. The Labute approximate surface area is 204 Å². The Morgan fingerprint density at radius 1 is 0.941 bits per heavy atom. The van der Waals surface area contributed by atoms with Crippen molar-refractivity contribution >= 4 is 27.5 Å². The van der Waals surface area contributed by atoms with E-state index in [0.717, 1.165) is 17.5 Å². The number of aryl methyl sites for hydroxylation is 1. The minimum atomic E-state index is -3.50. The number of rotatable bonds is 13. The topological polar surface area (TPSA) is 86.8 Å². The van der Waals surface area contributed by atoms with Crippen molar-refractivity contribution in [2.75, 3.05) is 30.7 Å². The molecule has 1 atom stereocenters. The molecular formula is C26H37N3O4S. The highest BCUT2D eigenvalue weighted by Crippen LogP contribution is 2.20. The van der Waals surface area contributed by atoms with Crippen molar-refractivity contribution < 1.29 is 18.0 Å². The fourth-order valence-electron chi connectivity index (χ4n) is 3.96. The largest absolute Gasteiger partial charge is 0.357 e. The van der Waals surface area contributed by atoms with Crippen LogP contribution in [0.4, 0.5) is 5.69 Å². The summed E-state index contributed by atoms with van der Waals surface area (Å²) in [5.74, 6) is -0.348. The van der Waals surface area contributed by atoms with Gasteiger partial charge in [0.1, 0.15) is 6.04 Å². The summed E-state index contributed by atoms with van der Waals surface area (Å²) < 4.78 is 26.2. The number of nitrogens with zero attached hydrogens (tertiary/aromatic N) is 2. The maximum absolute atomic E-state index is 13.2. The quantitative estimate of drug-likeness (QED) is 0.469. The van der Waals surface area contributed by atoms with Gasteiger partial charge in [-0.1, -0.05) is 56.3 Å². The molecule has 2 rings (SSSR count). The normalized spacial score (nSPS) is 12.1. The van der Waals surface area contributed by atoms with Crippen molar-refractivity contribution in [3.8, 4) is 0 Å². The molecule has 0 aliphatic rings. The predicted molar refractivity (Wildman–Crippen MR) is 137 cm³/mol. The SMILES string of the molecule is CCc1ccc(N(CCCC(=O)N(CCc2ccccc2)[C@@H](CC)C(=O)NC)S(C)(=O)=O)cc1. The Morgan fingerprint density at radius 3 is 2.12 bits per heavy atom. The third kappa shape index (κ3) is 7.87. The van der Waals surface area contributed by atoms with Gasteiger partial charge < -0.3 is 10.2 Å². The number of hydrogen-bond acceptors (Lipinski definition) is 4. The van der Waals surface area contributed by atoms with Gasteiger partial charge in [-0.05, 0) is 48.9 Å². The van der Waals surface area contributed by atoms with Crippen LogP contribution in [0.15, 0.2) is 54.6 Å². The highest BCUT2D eigenvalue weighted by Gasteiger charge is 2.27. The van der Waals surface area contributed by atoms with E-state index in [9.17, 15) is 18.0 Å². The van der Waals surface area contributed by atoms with E-state index in [1.807, 2.05) is 56.3 Å². The van der Waals surface area contributed by atoms with Crippen LogP contribution >= 0.6 is 0 Å². The molecule has 0 unspecified atom stereocenters. The lowest BCUT2D eigenvalue weighted by atomic mass is 10.1. The number of hydrogen-bond donors (Lipinski definition) is 1. The molecule has 0 saturated carbocycles. The Hall–Kier alpha value is -2.87. The first-order valence-electron chi connectivity index (χ1n) is 11.8. The van der Waals surface area contributed by atoms with Crippen molar-refractivity contribution in [2.45, 2.75) is 52.0 Å². The molecule has 0 aliphatic heterocycles. The van der Waals surface area contributed by atoms with E-state index in [1.54, 1.807) is 24.1 Å². The molecule has 0 heterocycles. The summed E-state index contributed by atoms with van der Waals surface area (Å²) in [6.45, 7) is 4.54. The molecule has 186 valence electrons. The van der Waals surface area contributed by atoms with Crippen LogP contribution < -0.4 is 9.62 Å². The number of benzene rings is 2. The fourth-order valence-corrected chi connectivity index (χ4v) is 4.93. The zero-order valence-corrected chi connectivity index (χ0v) is 21.5. The third-order valence-corrected chi connectivity index (χ3v) is 7.10. The molecule has 0 aromatic heterocycles. The Balaban J connectivity index is 2.11. The van der Waals surface area contributed by atoms with Gasteiger partial charge >= 0.3 is 0 Å². The molecule has 8 heteroatoms. The van der Waals surface area contributed by atoms with Crippen LogP contribution in [0.2, 0.25) is 0 Å². The smallest absolute Gasteiger partial charge is 0.242 e. The maximum Gasteiger partial charge on any atom is 0.242 e. The van der Waals surface area contributed by atoms with E-state index in [0.29, 0.717) is 31.5 Å². The highest BCUT2D eigenvalue weighted by molar-refractivity contribution is 7.92. The van der Waals surface area contributed by atoms with E-state index in [-0.39, 0.29) is 24.8 Å². The molecule has 0 spiro atoms. The first kappa shape index (κ1) is 27.4. The van der Waals surface area contributed by atoms with E-state index < -0.39 is 16.1 Å². The first-order chi connectivity index (χ1) is 16.2. The van der Waals surface area contributed by atoms with Gasteiger partial charge in [-0.25, -0.2) is 8.42 Å². The van der Waals surface area contributed by atoms with Crippen molar-refractivity contribution in [2.24, 2.45) is 0 Å². The number of sulfonamides is 1. The molecule has 34 heavy (non-hydrogen) atoms. The van der Waals surface area contributed by atoms with Crippen molar-refractivity contribution in [1.82, 2.24) is 10.2 Å². The Bertz CT molecular complexity index is 1020. The number of anilines is 1. The van der Waals surface area contributed by atoms with Crippen molar-refractivity contribution in [3.63, 3.8) is 0 Å². The van der Waals surface area contributed by atoms with E-state index >= 15 is 0 Å². The van der Waals surface area contributed by atoms with Crippen LogP contribution in [0.1, 0.15) is 44.2 Å². The Morgan fingerprint density at radius 2 is 1.59 bits per heavy atom. The molecule has 0 radical (unpaired) electrons. The fraction of sp³-hybridized carbons (Fsp3) is 0.462. The molecule has 0 bridgehead atoms. The minimum absolute atomic E-state index is 0.152.